The Bertz CT molecular complexity index is 1310. The first-order chi connectivity index (χ1) is 17.1. The molecule has 0 radical (unpaired) electrons. The molecule has 0 saturated carbocycles. The molecule has 2 aromatic carbocycles. The highest BCUT2D eigenvalue weighted by molar-refractivity contribution is 7.12. The van der Waals surface area contributed by atoms with Gasteiger partial charge < -0.3 is 10.4 Å². The van der Waals surface area contributed by atoms with Crippen LogP contribution in [0.1, 0.15) is 28.5 Å². The number of nitrogens with one attached hydrogen (secondary N) is 1. The Balaban J connectivity index is 1.58. The molecule has 1 aliphatic rings. The molecule has 2 aromatic heterocycles. The van der Waals surface area contributed by atoms with Crippen LogP contribution in [-0.4, -0.2) is 51.2 Å². The van der Waals surface area contributed by atoms with E-state index in [0.29, 0.717) is 13.0 Å². The number of thiophene rings is 1. The van der Waals surface area contributed by atoms with Crippen molar-refractivity contribution in [2.45, 2.75) is 19.4 Å². The minimum absolute atomic E-state index is 0.0260. The zero-order valence-corrected chi connectivity index (χ0v) is 20.3. The highest BCUT2D eigenvalue weighted by Crippen LogP contribution is 2.38. The first kappa shape index (κ1) is 23.2. The Morgan fingerprint density at radius 2 is 1.91 bits per heavy atom. The summed E-state index contributed by atoms with van der Waals surface area (Å²) in [6.07, 6.45) is 2.62. The number of hydrazone groups is 1. The number of aromatic nitrogens is 2. The number of para-hydroxylation sites is 1. The number of hydrogen-bond donors (Lipinski definition) is 2. The summed E-state index contributed by atoms with van der Waals surface area (Å²) >= 11 is 1.62. The maximum atomic E-state index is 13.2. The van der Waals surface area contributed by atoms with Crippen LogP contribution in [0.25, 0.3) is 16.9 Å². The molecule has 2 N–H and O–H groups in total. The predicted molar refractivity (Wildman–Crippen MR) is 139 cm³/mol. The van der Waals surface area contributed by atoms with E-state index in [0.717, 1.165) is 33.1 Å². The lowest BCUT2D eigenvalue weighted by molar-refractivity contribution is -0.132. The number of aryl methyl sites for hydroxylation is 1. The molecule has 178 valence electrons. The number of carbonyl (C=O) groups excluding carboxylic acids is 1. The van der Waals surface area contributed by atoms with E-state index < -0.39 is 0 Å². The van der Waals surface area contributed by atoms with Gasteiger partial charge in [0.2, 0.25) is 0 Å². The van der Waals surface area contributed by atoms with E-state index in [9.17, 15) is 4.79 Å². The highest BCUT2D eigenvalue weighted by atomic mass is 32.1. The van der Waals surface area contributed by atoms with Gasteiger partial charge in [0, 0.05) is 30.3 Å². The second-order valence-electron chi connectivity index (χ2n) is 8.46. The van der Waals surface area contributed by atoms with Crippen LogP contribution < -0.4 is 5.32 Å². The summed E-state index contributed by atoms with van der Waals surface area (Å²) in [5.41, 5.74) is 5.80. The third kappa shape index (κ3) is 4.95. The van der Waals surface area contributed by atoms with Gasteiger partial charge in [-0.05, 0) is 30.5 Å². The Hall–Kier alpha value is -3.59. The standard InChI is InChI=1S/C27H27N5O2S/c1-19-9-11-20(12-10-19)27-22(18-31(30-27)21-6-3-2-4-7-21)24-16-23(25-8-5-15-35-25)29-32(24)26(34)17-28-13-14-33/h2-12,15,18,24,28,33H,13-14,16-17H2,1H3. The molecule has 0 saturated heterocycles. The van der Waals surface area contributed by atoms with Crippen LogP contribution in [0.15, 0.2) is 83.4 Å². The van der Waals surface area contributed by atoms with Crippen molar-refractivity contribution in [2.75, 3.05) is 19.7 Å². The molecule has 1 unspecified atom stereocenters. The van der Waals surface area contributed by atoms with E-state index >= 15 is 0 Å². The summed E-state index contributed by atoms with van der Waals surface area (Å²) in [6, 6.07) is 22.0. The van der Waals surface area contributed by atoms with Crippen molar-refractivity contribution >= 4 is 23.0 Å². The van der Waals surface area contributed by atoms with Crippen molar-refractivity contribution < 1.29 is 9.90 Å². The minimum Gasteiger partial charge on any atom is -0.395 e. The SMILES string of the molecule is Cc1ccc(-c2nn(-c3ccccc3)cc2C2CC(c3cccs3)=NN2C(=O)CNCCO)cc1. The quantitative estimate of drug-likeness (QED) is 0.367. The number of benzene rings is 2. The summed E-state index contributed by atoms with van der Waals surface area (Å²) in [7, 11) is 0. The monoisotopic (exact) mass is 485 g/mol. The van der Waals surface area contributed by atoms with Crippen molar-refractivity contribution in [3.63, 3.8) is 0 Å². The van der Waals surface area contributed by atoms with Gasteiger partial charge in [-0.25, -0.2) is 9.69 Å². The van der Waals surface area contributed by atoms with Crippen LogP contribution in [0.4, 0.5) is 0 Å². The average molecular weight is 486 g/mol. The molecule has 3 heterocycles. The smallest absolute Gasteiger partial charge is 0.257 e. The maximum Gasteiger partial charge on any atom is 0.257 e. The topological polar surface area (TPSA) is 82.8 Å². The van der Waals surface area contributed by atoms with Crippen molar-refractivity contribution in [3.8, 4) is 16.9 Å². The zero-order chi connectivity index (χ0) is 24.2. The molecule has 7 nitrogen and oxygen atoms in total. The molecule has 1 aliphatic heterocycles. The summed E-state index contributed by atoms with van der Waals surface area (Å²) in [6.45, 7) is 2.49. The van der Waals surface area contributed by atoms with Crippen LogP contribution in [0.5, 0.6) is 0 Å². The number of rotatable bonds is 8. The number of hydrogen-bond acceptors (Lipinski definition) is 6. The van der Waals surface area contributed by atoms with Crippen molar-refractivity contribution in [1.82, 2.24) is 20.1 Å². The average Bonchev–Trinajstić information content (AvgIpc) is 3.64. The first-order valence-corrected chi connectivity index (χ1v) is 12.5. The lowest BCUT2D eigenvalue weighted by Gasteiger charge is -2.22. The summed E-state index contributed by atoms with van der Waals surface area (Å²) in [4.78, 5) is 14.3. The number of nitrogens with zero attached hydrogens (tertiary/aromatic N) is 4. The molecule has 35 heavy (non-hydrogen) atoms. The summed E-state index contributed by atoms with van der Waals surface area (Å²) in [5.74, 6) is -0.141. The molecule has 1 amide bonds. The van der Waals surface area contributed by atoms with Gasteiger partial charge in [-0.1, -0.05) is 54.1 Å². The van der Waals surface area contributed by atoms with E-state index in [2.05, 4.69) is 36.5 Å². The lowest BCUT2D eigenvalue weighted by Crippen LogP contribution is -2.36. The van der Waals surface area contributed by atoms with Crippen molar-refractivity contribution in [2.24, 2.45) is 5.10 Å². The summed E-state index contributed by atoms with van der Waals surface area (Å²) < 4.78 is 1.88. The van der Waals surface area contributed by atoms with E-state index in [1.54, 1.807) is 16.3 Å². The van der Waals surface area contributed by atoms with Crippen LogP contribution in [-0.2, 0) is 4.79 Å². The molecule has 0 fully saturated rings. The number of aliphatic hydroxyl groups excluding tert-OH is 1. The van der Waals surface area contributed by atoms with Gasteiger partial charge in [0.25, 0.3) is 5.91 Å². The molecular weight excluding hydrogens is 458 g/mol. The second-order valence-corrected chi connectivity index (χ2v) is 9.41. The van der Waals surface area contributed by atoms with E-state index in [4.69, 9.17) is 15.3 Å². The van der Waals surface area contributed by atoms with Crippen LogP contribution in [0, 0.1) is 6.92 Å². The van der Waals surface area contributed by atoms with E-state index in [-0.39, 0.29) is 25.1 Å². The van der Waals surface area contributed by atoms with Crippen molar-refractivity contribution in [1.29, 1.82) is 0 Å². The second kappa shape index (κ2) is 10.4. The van der Waals surface area contributed by atoms with Gasteiger partial charge in [-0.3, -0.25) is 4.79 Å². The predicted octanol–water partition coefficient (Wildman–Crippen LogP) is 4.17. The number of carbonyl (C=O) groups is 1. The third-order valence-corrected chi connectivity index (χ3v) is 6.90. The van der Waals surface area contributed by atoms with Gasteiger partial charge in [0.15, 0.2) is 0 Å². The molecule has 5 rings (SSSR count). The highest BCUT2D eigenvalue weighted by Gasteiger charge is 2.36. The molecule has 8 heteroatoms. The van der Waals surface area contributed by atoms with Crippen molar-refractivity contribution in [3.05, 3.63) is 94.3 Å². The molecule has 0 bridgehead atoms. The largest absolute Gasteiger partial charge is 0.395 e. The van der Waals surface area contributed by atoms with Crippen LogP contribution in [0.3, 0.4) is 0 Å². The molecular formula is C27H27N5O2S. The third-order valence-electron chi connectivity index (χ3n) is 5.98. The zero-order valence-electron chi connectivity index (χ0n) is 19.5. The van der Waals surface area contributed by atoms with Crippen LogP contribution >= 0.6 is 11.3 Å². The maximum absolute atomic E-state index is 13.2. The van der Waals surface area contributed by atoms with E-state index in [1.807, 2.05) is 58.7 Å². The minimum atomic E-state index is -0.288. The Labute approximate surface area is 208 Å². The Morgan fingerprint density at radius 3 is 2.63 bits per heavy atom. The van der Waals surface area contributed by atoms with Gasteiger partial charge in [-0.15, -0.1) is 11.3 Å². The molecule has 0 aliphatic carbocycles. The summed E-state index contributed by atoms with van der Waals surface area (Å²) in [5, 5.41) is 25.4. The molecule has 0 spiro atoms. The van der Waals surface area contributed by atoms with E-state index in [1.165, 1.54) is 5.56 Å². The van der Waals surface area contributed by atoms with Gasteiger partial charge >= 0.3 is 0 Å². The number of amides is 1. The Kier molecular flexibility index (Phi) is 6.85. The van der Waals surface area contributed by atoms with Crippen LogP contribution in [0.2, 0.25) is 0 Å². The normalized spacial score (nSPS) is 15.4. The lowest BCUT2D eigenvalue weighted by atomic mass is 9.98. The Morgan fingerprint density at radius 1 is 1.11 bits per heavy atom. The van der Waals surface area contributed by atoms with Gasteiger partial charge in [0.1, 0.15) is 0 Å². The number of aliphatic hydroxyl groups is 1. The first-order valence-electron chi connectivity index (χ1n) is 11.6. The van der Waals surface area contributed by atoms with Gasteiger partial charge in [-0.2, -0.15) is 10.2 Å². The fourth-order valence-electron chi connectivity index (χ4n) is 4.21. The molecule has 1 atom stereocenters. The molecule has 4 aromatic rings. The fraction of sp³-hybridized carbons (Fsp3) is 0.222. The fourth-order valence-corrected chi connectivity index (χ4v) is 4.93. The van der Waals surface area contributed by atoms with Gasteiger partial charge in [0.05, 0.1) is 41.2 Å².